The molecule has 0 bridgehead atoms. The fraction of sp³-hybridized carbons (Fsp3) is 0.500. The molecule has 5 nitrogen and oxygen atoms in total. The molecule has 2 aromatic rings. The van der Waals surface area contributed by atoms with Crippen LogP contribution < -0.4 is 10.6 Å². The Morgan fingerprint density at radius 3 is 2.86 bits per heavy atom. The maximum atomic E-state index is 9.46. The lowest BCUT2D eigenvalue weighted by atomic mass is 9.69. The van der Waals surface area contributed by atoms with E-state index in [2.05, 4.69) is 47.4 Å². The molecule has 1 heterocycles. The van der Waals surface area contributed by atoms with E-state index in [1.54, 1.807) is 6.20 Å². The highest BCUT2D eigenvalue weighted by Gasteiger charge is 2.35. The predicted molar refractivity (Wildman–Crippen MR) is 115 cm³/mol. The fourth-order valence-corrected chi connectivity index (χ4v) is 4.30. The van der Waals surface area contributed by atoms with Gasteiger partial charge in [0.05, 0.1) is 6.20 Å². The quantitative estimate of drug-likeness (QED) is 0.693. The van der Waals surface area contributed by atoms with Gasteiger partial charge in [0.15, 0.2) is 0 Å². The van der Waals surface area contributed by atoms with Crippen LogP contribution in [0.15, 0.2) is 30.5 Å². The van der Waals surface area contributed by atoms with Crippen molar-refractivity contribution in [1.82, 2.24) is 9.97 Å². The molecular formula is C22H28ClN5. The van der Waals surface area contributed by atoms with Crippen molar-refractivity contribution in [3.63, 3.8) is 0 Å². The molecule has 3 rings (SSSR count). The van der Waals surface area contributed by atoms with Gasteiger partial charge in [-0.1, -0.05) is 44.5 Å². The number of rotatable bonds is 6. The number of nitrogens with one attached hydrogen (secondary N) is 2. The molecule has 0 unspecified atom stereocenters. The van der Waals surface area contributed by atoms with E-state index < -0.39 is 0 Å². The summed E-state index contributed by atoms with van der Waals surface area (Å²) < 4.78 is 0. The van der Waals surface area contributed by atoms with E-state index in [1.165, 1.54) is 12.8 Å². The van der Waals surface area contributed by atoms with Crippen LogP contribution >= 0.6 is 11.6 Å². The average Bonchev–Trinajstić information content (AvgIpc) is 2.64. The predicted octanol–water partition coefficient (Wildman–Crippen LogP) is 5.28. The number of anilines is 2. The zero-order valence-corrected chi connectivity index (χ0v) is 17.6. The molecule has 0 spiro atoms. The lowest BCUT2D eigenvalue weighted by Gasteiger charge is -2.42. The Labute approximate surface area is 172 Å². The van der Waals surface area contributed by atoms with Crippen LogP contribution in [0.3, 0.4) is 0 Å². The van der Waals surface area contributed by atoms with E-state index in [4.69, 9.17) is 11.6 Å². The summed E-state index contributed by atoms with van der Waals surface area (Å²) in [5.74, 6) is 1.89. The highest BCUT2D eigenvalue weighted by atomic mass is 35.5. The second-order valence-corrected chi connectivity index (χ2v) is 8.88. The van der Waals surface area contributed by atoms with Crippen LogP contribution in [0.25, 0.3) is 0 Å². The van der Waals surface area contributed by atoms with E-state index in [-0.39, 0.29) is 5.41 Å². The summed E-state index contributed by atoms with van der Waals surface area (Å²) in [6.07, 6.45) is 5.86. The average molecular weight is 398 g/mol. The van der Waals surface area contributed by atoms with Crippen LogP contribution in [0.2, 0.25) is 5.02 Å². The Bertz CT molecular complexity index is 858. The molecule has 28 heavy (non-hydrogen) atoms. The van der Waals surface area contributed by atoms with E-state index >= 15 is 0 Å². The summed E-state index contributed by atoms with van der Waals surface area (Å²) in [5.41, 5.74) is 1.80. The van der Waals surface area contributed by atoms with Gasteiger partial charge in [0, 0.05) is 17.6 Å². The van der Waals surface area contributed by atoms with Crippen molar-refractivity contribution in [2.75, 3.05) is 17.2 Å². The van der Waals surface area contributed by atoms with E-state index in [0.29, 0.717) is 29.9 Å². The van der Waals surface area contributed by atoms with Crippen LogP contribution in [-0.4, -0.2) is 22.6 Å². The lowest BCUT2D eigenvalue weighted by Crippen LogP contribution is -2.41. The zero-order chi connectivity index (χ0) is 20.1. The number of nitrogens with zero attached hydrogens (tertiary/aromatic N) is 3. The first kappa shape index (κ1) is 20.4. The first-order chi connectivity index (χ1) is 13.4. The molecule has 1 fully saturated rings. The minimum atomic E-state index is 0.162. The van der Waals surface area contributed by atoms with Gasteiger partial charge in [-0.2, -0.15) is 10.2 Å². The highest BCUT2D eigenvalue weighted by molar-refractivity contribution is 6.30. The molecule has 1 aromatic carbocycles. The van der Waals surface area contributed by atoms with Gasteiger partial charge in [0.25, 0.3) is 0 Å². The van der Waals surface area contributed by atoms with Gasteiger partial charge in [-0.25, -0.2) is 4.98 Å². The van der Waals surface area contributed by atoms with Crippen LogP contribution in [0.4, 0.5) is 11.8 Å². The molecule has 148 valence electrons. The second kappa shape index (κ2) is 8.79. The number of benzene rings is 1. The number of halogens is 1. The summed E-state index contributed by atoms with van der Waals surface area (Å²) in [6, 6.07) is 10.3. The van der Waals surface area contributed by atoms with Gasteiger partial charge in [0.1, 0.15) is 17.5 Å². The highest BCUT2D eigenvalue weighted by Crippen LogP contribution is 2.40. The number of aromatic nitrogens is 2. The Balaban J connectivity index is 1.67. The largest absolute Gasteiger partial charge is 0.366 e. The normalized spacial score (nSPS) is 21.0. The molecular weight excluding hydrogens is 370 g/mol. The fourth-order valence-electron chi connectivity index (χ4n) is 4.09. The number of hydrogen-bond acceptors (Lipinski definition) is 5. The maximum absolute atomic E-state index is 9.46. The lowest BCUT2D eigenvalue weighted by molar-refractivity contribution is 0.169. The molecule has 1 aliphatic carbocycles. The number of hydrogen-bond donors (Lipinski definition) is 2. The van der Waals surface area contributed by atoms with Gasteiger partial charge in [-0.05, 0) is 54.7 Å². The van der Waals surface area contributed by atoms with Crippen molar-refractivity contribution in [3.8, 4) is 6.07 Å². The second-order valence-electron chi connectivity index (χ2n) is 8.45. The van der Waals surface area contributed by atoms with Crippen molar-refractivity contribution < 1.29 is 0 Å². The van der Waals surface area contributed by atoms with Crippen molar-refractivity contribution in [2.24, 2.45) is 11.3 Å². The molecule has 0 aliphatic heterocycles. The molecule has 1 saturated carbocycles. The minimum Gasteiger partial charge on any atom is -0.366 e. The van der Waals surface area contributed by atoms with Crippen LogP contribution in [0, 0.1) is 22.7 Å². The van der Waals surface area contributed by atoms with E-state index in [0.717, 1.165) is 29.3 Å². The van der Waals surface area contributed by atoms with Gasteiger partial charge in [-0.3, -0.25) is 0 Å². The summed E-state index contributed by atoms with van der Waals surface area (Å²) in [7, 11) is 0. The van der Waals surface area contributed by atoms with Crippen LogP contribution in [0.5, 0.6) is 0 Å². The van der Waals surface area contributed by atoms with Crippen molar-refractivity contribution in [1.29, 1.82) is 5.26 Å². The molecule has 2 N–H and O–H groups in total. The SMILES string of the molecule is C[C@H]1CC[C@H](Nc2nc(NCCc3cccc(Cl)c3)ncc2C#N)C(C)(C)C1. The van der Waals surface area contributed by atoms with Gasteiger partial charge < -0.3 is 10.6 Å². The van der Waals surface area contributed by atoms with Gasteiger partial charge in [0.2, 0.25) is 5.95 Å². The Kier molecular flexibility index (Phi) is 6.41. The molecule has 6 heteroatoms. The third-order valence-corrected chi connectivity index (χ3v) is 5.81. The molecule has 0 amide bonds. The summed E-state index contributed by atoms with van der Waals surface area (Å²) in [6.45, 7) is 7.58. The number of nitriles is 1. The standard InChI is InChI=1S/C22H28ClN5/c1-15-7-8-19(22(2,3)12-15)27-20-17(13-24)14-26-21(28-20)25-10-9-16-5-4-6-18(23)11-16/h4-6,11,14-15,19H,7-10,12H2,1-3H3,(H2,25,26,27,28)/t15-,19-/m0/s1. The molecule has 1 aromatic heterocycles. The summed E-state index contributed by atoms with van der Waals surface area (Å²) in [5, 5.41) is 17.0. The first-order valence-corrected chi connectivity index (χ1v) is 10.3. The van der Waals surface area contributed by atoms with E-state index in [9.17, 15) is 5.26 Å². The Morgan fingerprint density at radius 2 is 2.14 bits per heavy atom. The van der Waals surface area contributed by atoms with Gasteiger partial charge >= 0.3 is 0 Å². The molecule has 1 aliphatic rings. The smallest absolute Gasteiger partial charge is 0.224 e. The summed E-state index contributed by atoms with van der Waals surface area (Å²) in [4.78, 5) is 8.88. The summed E-state index contributed by atoms with van der Waals surface area (Å²) >= 11 is 6.04. The van der Waals surface area contributed by atoms with Crippen molar-refractivity contribution in [3.05, 3.63) is 46.6 Å². The van der Waals surface area contributed by atoms with Crippen LogP contribution in [-0.2, 0) is 6.42 Å². The minimum absolute atomic E-state index is 0.162. The van der Waals surface area contributed by atoms with Crippen LogP contribution in [0.1, 0.15) is 51.2 Å². The topological polar surface area (TPSA) is 73.6 Å². The molecule has 0 saturated heterocycles. The van der Waals surface area contributed by atoms with E-state index in [1.807, 2.05) is 24.3 Å². The molecule has 0 radical (unpaired) electrons. The van der Waals surface area contributed by atoms with Gasteiger partial charge in [-0.15, -0.1) is 0 Å². The van der Waals surface area contributed by atoms with Crippen molar-refractivity contribution in [2.45, 2.75) is 52.5 Å². The first-order valence-electron chi connectivity index (χ1n) is 9.89. The Hall–Kier alpha value is -2.32. The maximum Gasteiger partial charge on any atom is 0.224 e. The molecule has 2 atom stereocenters. The third-order valence-electron chi connectivity index (χ3n) is 5.57. The third kappa shape index (κ3) is 5.14. The monoisotopic (exact) mass is 397 g/mol. The Morgan fingerprint density at radius 1 is 1.32 bits per heavy atom. The van der Waals surface area contributed by atoms with Crippen molar-refractivity contribution >= 4 is 23.4 Å². The zero-order valence-electron chi connectivity index (χ0n) is 16.8.